The van der Waals surface area contributed by atoms with Crippen molar-refractivity contribution < 1.29 is 0 Å². The number of aryl methyl sites for hydroxylation is 1. The van der Waals surface area contributed by atoms with Crippen molar-refractivity contribution in [2.45, 2.75) is 32.6 Å². The van der Waals surface area contributed by atoms with Gasteiger partial charge in [-0.2, -0.15) is 0 Å². The van der Waals surface area contributed by atoms with Crippen LogP contribution in [0.1, 0.15) is 31.9 Å². The molecule has 0 radical (unpaired) electrons. The van der Waals surface area contributed by atoms with Crippen molar-refractivity contribution in [2.24, 2.45) is 0 Å². The summed E-state index contributed by atoms with van der Waals surface area (Å²) in [5.74, 6) is 0.689. The quantitative estimate of drug-likeness (QED) is 0.539. The fourth-order valence-corrected chi connectivity index (χ4v) is 1.92. The van der Waals surface area contributed by atoms with Crippen LogP contribution in [0.25, 0.3) is 0 Å². The molecule has 1 unspecified atom stereocenters. The summed E-state index contributed by atoms with van der Waals surface area (Å²) in [6, 6.07) is 6.62. The average Bonchev–Trinajstić information content (AvgIpc) is 2.07. The van der Waals surface area contributed by atoms with Crippen LogP contribution in [0.4, 0.5) is 0 Å². The Morgan fingerprint density at radius 1 is 1.29 bits per heavy atom. The van der Waals surface area contributed by atoms with E-state index in [-0.39, 0.29) is 5.41 Å². The summed E-state index contributed by atoms with van der Waals surface area (Å²) in [6.45, 7) is 6.69. The largest absolute Gasteiger partial charge is 0.126 e. The van der Waals surface area contributed by atoms with Gasteiger partial charge in [0.25, 0.3) is 0 Å². The van der Waals surface area contributed by atoms with Gasteiger partial charge in [0.1, 0.15) is 0 Å². The zero-order chi connectivity index (χ0) is 10.8. The molecule has 1 atom stereocenters. The SMILES string of the molecule is CC(C)(C)c1ccc(P)c(CCCl)c1. The number of alkyl halides is 1. The van der Waals surface area contributed by atoms with Gasteiger partial charge in [0.2, 0.25) is 0 Å². The lowest BCUT2D eigenvalue weighted by Crippen LogP contribution is -2.14. The van der Waals surface area contributed by atoms with Crippen LogP contribution >= 0.6 is 20.8 Å². The Balaban J connectivity index is 3.06. The van der Waals surface area contributed by atoms with E-state index in [1.807, 2.05) is 0 Å². The van der Waals surface area contributed by atoms with Crippen molar-refractivity contribution in [3.63, 3.8) is 0 Å². The first-order valence-electron chi connectivity index (χ1n) is 4.90. The minimum Gasteiger partial charge on any atom is -0.126 e. The van der Waals surface area contributed by atoms with Crippen LogP contribution in [0, 0.1) is 0 Å². The van der Waals surface area contributed by atoms with Crippen molar-refractivity contribution in [1.29, 1.82) is 0 Å². The lowest BCUT2D eigenvalue weighted by molar-refractivity contribution is 0.589. The minimum absolute atomic E-state index is 0.222. The van der Waals surface area contributed by atoms with Crippen molar-refractivity contribution >= 4 is 26.1 Å². The van der Waals surface area contributed by atoms with E-state index >= 15 is 0 Å². The van der Waals surface area contributed by atoms with Crippen LogP contribution in [-0.2, 0) is 11.8 Å². The molecule has 14 heavy (non-hydrogen) atoms. The Morgan fingerprint density at radius 3 is 2.43 bits per heavy atom. The molecule has 0 spiro atoms. The molecule has 0 amide bonds. The molecule has 1 aromatic carbocycles. The second-order valence-corrected chi connectivity index (χ2v) is 5.60. The highest BCUT2D eigenvalue weighted by atomic mass is 35.5. The standard InChI is InChI=1S/C12H18ClP/c1-12(2,3)10-4-5-11(14)9(8-10)6-7-13/h4-5,8H,6-7,14H2,1-3H3. The predicted molar refractivity (Wildman–Crippen MR) is 68.9 cm³/mol. The molecule has 0 N–H and O–H groups in total. The highest BCUT2D eigenvalue weighted by Crippen LogP contribution is 2.23. The maximum atomic E-state index is 5.77. The van der Waals surface area contributed by atoms with E-state index < -0.39 is 0 Å². The number of hydrogen-bond donors (Lipinski definition) is 0. The number of halogens is 1. The van der Waals surface area contributed by atoms with Crippen molar-refractivity contribution in [3.8, 4) is 0 Å². The third-order valence-electron chi connectivity index (χ3n) is 2.37. The molecule has 0 aromatic heterocycles. The second kappa shape index (κ2) is 4.64. The predicted octanol–water partition coefficient (Wildman–Crippen LogP) is 3.27. The summed E-state index contributed by atoms with van der Waals surface area (Å²) in [5.41, 5.74) is 2.95. The molecule has 0 saturated heterocycles. The monoisotopic (exact) mass is 228 g/mol. The van der Waals surface area contributed by atoms with Crippen LogP contribution in [0.15, 0.2) is 18.2 Å². The molecule has 0 nitrogen and oxygen atoms in total. The van der Waals surface area contributed by atoms with E-state index in [0.29, 0.717) is 5.88 Å². The van der Waals surface area contributed by atoms with Gasteiger partial charge in [0.05, 0.1) is 0 Å². The van der Waals surface area contributed by atoms with E-state index in [1.54, 1.807) is 0 Å². The topological polar surface area (TPSA) is 0 Å². The second-order valence-electron chi connectivity index (χ2n) is 4.60. The Kier molecular flexibility index (Phi) is 3.98. The van der Waals surface area contributed by atoms with Gasteiger partial charge in [-0.25, -0.2) is 0 Å². The van der Waals surface area contributed by atoms with Gasteiger partial charge in [0.15, 0.2) is 0 Å². The fraction of sp³-hybridized carbons (Fsp3) is 0.500. The Hall–Kier alpha value is -0.0600. The van der Waals surface area contributed by atoms with E-state index in [1.165, 1.54) is 16.4 Å². The molecule has 0 fully saturated rings. The summed E-state index contributed by atoms with van der Waals surface area (Å²) in [6.07, 6.45) is 0.949. The molecule has 1 rings (SSSR count). The molecular formula is C12H18ClP. The van der Waals surface area contributed by atoms with Gasteiger partial charge in [-0.15, -0.1) is 20.8 Å². The van der Waals surface area contributed by atoms with Gasteiger partial charge in [0, 0.05) is 5.88 Å². The van der Waals surface area contributed by atoms with Crippen LogP contribution < -0.4 is 5.30 Å². The molecule has 0 heterocycles. The summed E-state index contributed by atoms with van der Waals surface area (Å²) in [4.78, 5) is 0. The number of hydrogen-bond acceptors (Lipinski definition) is 0. The molecule has 2 heteroatoms. The molecule has 0 saturated carbocycles. The zero-order valence-corrected chi connectivity index (χ0v) is 11.0. The first-order valence-corrected chi connectivity index (χ1v) is 6.01. The zero-order valence-electron chi connectivity index (χ0n) is 9.10. The van der Waals surface area contributed by atoms with E-state index in [0.717, 1.165) is 6.42 Å². The van der Waals surface area contributed by atoms with Crippen LogP contribution in [-0.4, -0.2) is 5.88 Å². The third-order valence-corrected chi connectivity index (χ3v) is 3.13. The van der Waals surface area contributed by atoms with Crippen molar-refractivity contribution in [1.82, 2.24) is 0 Å². The smallest absolute Gasteiger partial charge is 0.0264 e. The third kappa shape index (κ3) is 2.97. The highest BCUT2D eigenvalue weighted by Gasteiger charge is 2.14. The van der Waals surface area contributed by atoms with E-state index in [2.05, 4.69) is 48.2 Å². The lowest BCUT2D eigenvalue weighted by atomic mass is 9.86. The minimum atomic E-state index is 0.222. The summed E-state index contributed by atoms with van der Waals surface area (Å²) >= 11 is 5.77. The van der Waals surface area contributed by atoms with Gasteiger partial charge in [-0.05, 0) is 28.3 Å². The van der Waals surface area contributed by atoms with Gasteiger partial charge >= 0.3 is 0 Å². The first-order chi connectivity index (χ1) is 6.45. The lowest BCUT2D eigenvalue weighted by Gasteiger charge is -2.20. The van der Waals surface area contributed by atoms with E-state index in [4.69, 9.17) is 11.6 Å². The molecule has 0 aliphatic rings. The molecule has 1 aromatic rings. The summed E-state index contributed by atoms with van der Waals surface area (Å²) < 4.78 is 0. The van der Waals surface area contributed by atoms with Crippen molar-refractivity contribution in [3.05, 3.63) is 29.3 Å². The molecular weight excluding hydrogens is 211 g/mol. The normalized spacial score (nSPS) is 11.8. The Bertz CT molecular complexity index is 313. The summed E-state index contributed by atoms with van der Waals surface area (Å²) in [5, 5.41) is 1.26. The van der Waals surface area contributed by atoms with E-state index in [9.17, 15) is 0 Å². The highest BCUT2D eigenvalue weighted by molar-refractivity contribution is 7.27. The van der Waals surface area contributed by atoms with Gasteiger partial charge in [-0.1, -0.05) is 39.0 Å². The average molecular weight is 229 g/mol. The van der Waals surface area contributed by atoms with Crippen LogP contribution in [0.3, 0.4) is 0 Å². The maximum Gasteiger partial charge on any atom is 0.0264 e. The van der Waals surface area contributed by atoms with Crippen LogP contribution in [0.2, 0.25) is 0 Å². The van der Waals surface area contributed by atoms with Crippen LogP contribution in [0.5, 0.6) is 0 Å². The van der Waals surface area contributed by atoms with Crippen molar-refractivity contribution in [2.75, 3.05) is 5.88 Å². The van der Waals surface area contributed by atoms with Gasteiger partial charge < -0.3 is 0 Å². The Morgan fingerprint density at radius 2 is 1.93 bits per heavy atom. The number of rotatable bonds is 2. The fourth-order valence-electron chi connectivity index (χ4n) is 1.39. The molecule has 78 valence electrons. The molecule has 0 bridgehead atoms. The maximum absolute atomic E-state index is 5.77. The first kappa shape index (κ1) is 12.0. The molecule has 0 aliphatic carbocycles. The number of benzene rings is 1. The van der Waals surface area contributed by atoms with Gasteiger partial charge in [-0.3, -0.25) is 0 Å². The Labute approximate surface area is 94.3 Å². The molecule has 0 aliphatic heterocycles. The summed E-state index contributed by atoms with van der Waals surface area (Å²) in [7, 11) is 2.77.